The number of carbonyl (C=O) groups excluding carboxylic acids is 2. The highest BCUT2D eigenvalue weighted by Gasteiger charge is 2.38. The number of fused-ring (bicyclic) bond motifs is 1. The van der Waals surface area contributed by atoms with Crippen molar-refractivity contribution in [1.29, 1.82) is 0 Å². The summed E-state index contributed by atoms with van der Waals surface area (Å²) in [6.07, 6.45) is 2.42. The average Bonchev–Trinajstić information content (AvgIpc) is 3.14. The van der Waals surface area contributed by atoms with Crippen LogP contribution in [0.1, 0.15) is 19.3 Å². The summed E-state index contributed by atoms with van der Waals surface area (Å²) in [5.41, 5.74) is 0. The third kappa shape index (κ3) is 4.38. The second-order valence-electron chi connectivity index (χ2n) is 7.74. The summed E-state index contributed by atoms with van der Waals surface area (Å²) in [6.45, 7) is 3.60. The van der Waals surface area contributed by atoms with Crippen molar-refractivity contribution in [2.75, 3.05) is 39.4 Å². The van der Waals surface area contributed by atoms with E-state index in [-0.39, 0.29) is 30.4 Å². The Balaban J connectivity index is 1.27. The molecule has 0 N–H and O–H groups in total. The van der Waals surface area contributed by atoms with Gasteiger partial charge in [0.2, 0.25) is 0 Å². The summed E-state index contributed by atoms with van der Waals surface area (Å²) in [7, 11) is 0. The van der Waals surface area contributed by atoms with Crippen LogP contribution in [-0.4, -0.2) is 67.1 Å². The van der Waals surface area contributed by atoms with Gasteiger partial charge in [0.15, 0.2) is 5.78 Å². The fourth-order valence-corrected chi connectivity index (χ4v) is 4.44. The van der Waals surface area contributed by atoms with Crippen molar-refractivity contribution in [2.24, 2.45) is 11.8 Å². The summed E-state index contributed by atoms with van der Waals surface area (Å²) < 4.78 is 11.5. The van der Waals surface area contributed by atoms with Gasteiger partial charge in [0.25, 0.3) is 0 Å². The van der Waals surface area contributed by atoms with Crippen molar-refractivity contribution in [2.45, 2.75) is 25.4 Å². The normalized spacial score (nSPS) is 28.2. The molecule has 3 aliphatic heterocycles. The van der Waals surface area contributed by atoms with Crippen LogP contribution in [0, 0.1) is 11.8 Å². The van der Waals surface area contributed by atoms with E-state index in [0.717, 1.165) is 25.1 Å². The summed E-state index contributed by atoms with van der Waals surface area (Å²) >= 11 is 5.98. The molecule has 2 amide bonds. The van der Waals surface area contributed by atoms with E-state index in [1.54, 1.807) is 6.07 Å². The quantitative estimate of drug-likeness (QED) is 0.793. The Morgan fingerprint density at radius 1 is 1.22 bits per heavy atom. The van der Waals surface area contributed by atoms with Gasteiger partial charge in [0.05, 0.1) is 12.7 Å². The lowest BCUT2D eigenvalue weighted by atomic mass is 9.88. The fraction of sp³-hybridized carbons (Fsp3) is 0.600. The molecule has 0 aromatic heterocycles. The van der Waals surface area contributed by atoms with Crippen molar-refractivity contribution in [1.82, 2.24) is 9.80 Å². The molecule has 3 saturated heterocycles. The van der Waals surface area contributed by atoms with E-state index in [2.05, 4.69) is 0 Å². The van der Waals surface area contributed by atoms with Gasteiger partial charge in [-0.3, -0.25) is 4.79 Å². The van der Waals surface area contributed by atoms with E-state index in [4.69, 9.17) is 21.1 Å². The van der Waals surface area contributed by atoms with Gasteiger partial charge in [-0.2, -0.15) is 0 Å². The van der Waals surface area contributed by atoms with Gasteiger partial charge in [-0.05, 0) is 31.0 Å². The molecule has 0 bridgehead atoms. The van der Waals surface area contributed by atoms with Crippen molar-refractivity contribution in [3.05, 3.63) is 29.3 Å². The molecule has 7 heteroatoms. The van der Waals surface area contributed by atoms with Crippen molar-refractivity contribution < 1.29 is 19.1 Å². The van der Waals surface area contributed by atoms with Crippen LogP contribution in [0.15, 0.2) is 24.3 Å². The molecular formula is C20H25ClN2O4. The lowest BCUT2D eigenvalue weighted by molar-refractivity contribution is -0.139. The number of piperidine rings is 1. The molecule has 1 aromatic rings. The van der Waals surface area contributed by atoms with E-state index in [0.29, 0.717) is 43.6 Å². The number of rotatable bonds is 3. The molecule has 1 unspecified atom stereocenters. The SMILES string of the molecule is O=C1CO[C@H]2CCN(C(=O)N3CCC(COc4cccc(Cl)c4)C3)C[C@H]2C1. The zero-order valence-electron chi connectivity index (χ0n) is 15.3. The topological polar surface area (TPSA) is 59.1 Å². The average molecular weight is 393 g/mol. The first-order valence-corrected chi connectivity index (χ1v) is 10.0. The summed E-state index contributed by atoms with van der Waals surface area (Å²) in [5, 5.41) is 0.657. The third-order valence-corrected chi connectivity index (χ3v) is 5.96. The Morgan fingerprint density at radius 2 is 2.04 bits per heavy atom. The molecule has 0 aliphatic carbocycles. The molecule has 27 heavy (non-hydrogen) atoms. The van der Waals surface area contributed by atoms with Crippen LogP contribution in [-0.2, 0) is 9.53 Å². The maximum Gasteiger partial charge on any atom is 0.320 e. The van der Waals surface area contributed by atoms with Crippen LogP contribution in [0.2, 0.25) is 5.02 Å². The highest BCUT2D eigenvalue weighted by molar-refractivity contribution is 6.30. The van der Waals surface area contributed by atoms with E-state index >= 15 is 0 Å². The number of ether oxygens (including phenoxy) is 2. The Bertz CT molecular complexity index is 713. The smallest absolute Gasteiger partial charge is 0.320 e. The second-order valence-corrected chi connectivity index (χ2v) is 8.18. The molecule has 146 valence electrons. The number of hydrogen-bond acceptors (Lipinski definition) is 4. The lowest BCUT2D eigenvalue weighted by Gasteiger charge is -2.41. The van der Waals surface area contributed by atoms with E-state index < -0.39 is 0 Å². The number of likely N-dealkylation sites (tertiary alicyclic amines) is 2. The van der Waals surface area contributed by atoms with E-state index in [9.17, 15) is 9.59 Å². The van der Waals surface area contributed by atoms with Crippen LogP contribution >= 0.6 is 11.6 Å². The first-order valence-electron chi connectivity index (χ1n) is 9.64. The van der Waals surface area contributed by atoms with Gasteiger partial charge in [0, 0.05) is 49.5 Å². The van der Waals surface area contributed by atoms with Gasteiger partial charge in [-0.25, -0.2) is 4.79 Å². The number of nitrogens with zero attached hydrogens (tertiary/aromatic N) is 2. The zero-order chi connectivity index (χ0) is 18.8. The molecule has 1 aromatic carbocycles. The maximum atomic E-state index is 12.9. The minimum Gasteiger partial charge on any atom is -0.493 e. The van der Waals surface area contributed by atoms with Gasteiger partial charge >= 0.3 is 6.03 Å². The Kier molecular flexibility index (Phi) is 5.55. The van der Waals surface area contributed by atoms with Crippen LogP contribution in [0.5, 0.6) is 5.75 Å². The first kappa shape index (κ1) is 18.6. The second kappa shape index (κ2) is 8.07. The minimum absolute atomic E-state index is 0.0803. The van der Waals surface area contributed by atoms with Gasteiger partial charge in [-0.1, -0.05) is 17.7 Å². The molecular weight excluding hydrogens is 368 g/mol. The molecule has 3 heterocycles. The molecule has 0 spiro atoms. The monoisotopic (exact) mass is 392 g/mol. The fourth-order valence-electron chi connectivity index (χ4n) is 4.26. The molecule has 3 atom stereocenters. The van der Waals surface area contributed by atoms with Gasteiger partial charge < -0.3 is 19.3 Å². The van der Waals surface area contributed by atoms with E-state index in [1.807, 2.05) is 28.0 Å². The zero-order valence-corrected chi connectivity index (χ0v) is 16.1. The van der Waals surface area contributed by atoms with Crippen LogP contribution in [0.4, 0.5) is 4.79 Å². The Morgan fingerprint density at radius 3 is 2.89 bits per heavy atom. The third-order valence-electron chi connectivity index (χ3n) is 5.72. The largest absolute Gasteiger partial charge is 0.493 e. The number of ketones is 1. The molecule has 3 fully saturated rings. The number of Topliss-reactive ketones (excluding diaryl/α,β-unsaturated/α-hetero) is 1. The number of urea groups is 1. The molecule has 4 rings (SSSR count). The summed E-state index contributed by atoms with van der Waals surface area (Å²) in [4.78, 5) is 28.3. The standard InChI is InChI=1S/C20H25ClN2O4/c21-16-2-1-3-18(9-16)26-12-14-4-6-22(10-14)20(25)23-7-5-19-15(11-23)8-17(24)13-27-19/h1-3,9,14-15,19H,4-8,10-13H2/t14?,15-,19+/m1/s1. The number of amides is 2. The number of hydrogen-bond donors (Lipinski definition) is 0. The van der Waals surface area contributed by atoms with E-state index in [1.165, 1.54) is 0 Å². The number of benzene rings is 1. The molecule has 3 aliphatic rings. The number of halogens is 1. The van der Waals surface area contributed by atoms with Crippen LogP contribution in [0.25, 0.3) is 0 Å². The summed E-state index contributed by atoms with van der Waals surface area (Å²) in [5.74, 6) is 1.37. The highest BCUT2D eigenvalue weighted by Crippen LogP contribution is 2.29. The summed E-state index contributed by atoms with van der Waals surface area (Å²) in [6, 6.07) is 7.46. The predicted molar refractivity (Wildman–Crippen MR) is 101 cm³/mol. The highest BCUT2D eigenvalue weighted by atomic mass is 35.5. The van der Waals surface area contributed by atoms with Crippen molar-refractivity contribution in [3.8, 4) is 5.75 Å². The maximum absolute atomic E-state index is 12.9. The van der Waals surface area contributed by atoms with Crippen LogP contribution < -0.4 is 4.74 Å². The van der Waals surface area contributed by atoms with Crippen molar-refractivity contribution >= 4 is 23.4 Å². The Hall–Kier alpha value is -1.79. The molecule has 0 radical (unpaired) electrons. The van der Waals surface area contributed by atoms with Gasteiger partial charge in [0.1, 0.15) is 12.4 Å². The minimum atomic E-state index is 0.0803. The Labute approximate surface area is 164 Å². The first-order chi connectivity index (χ1) is 13.1. The van der Waals surface area contributed by atoms with Gasteiger partial charge in [-0.15, -0.1) is 0 Å². The number of carbonyl (C=O) groups is 2. The predicted octanol–water partition coefficient (Wildman–Crippen LogP) is 2.84. The lowest BCUT2D eigenvalue weighted by Crippen LogP contribution is -2.53. The van der Waals surface area contributed by atoms with Crippen LogP contribution in [0.3, 0.4) is 0 Å². The van der Waals surface area contributed by atoms with Crippen molar-refractivity contribution in [3.63, 3.8) is 0 Å². The molecule has 0 saturated carbocycles. The molecule has 6 nitrogen and oxygen atoms in total.